The third-order valence-electron chi connectivity index (χ3n) is 3.04. The number of thiophene rings is 2. The fourth-order valence-corrected chi connectivity index (χ4v) is 3.45. The van der Waals surface area contributed by atoms with Crippen LogP contribution in [0.1, 0.15) is 11.8 Å². The van der Waals surface area contributed by atoms with Gasteiger partial charge in [-0.05, 0) is 29.8 Å². The molecule has 0 aromatic carbocycles. The summed E-state index contributed by atoms with van der Waals surface area (Å²) >= 11 is 3.46. The van der Waals surface area contributed by atoms with Gasteiger partial charge in [-0.15, -0.1) is 22.7 Å². The van der Waals surface area contributed by atoms with Crippen LogP contribution in [-0.4, -0.2) is 32.2 Å². The Kier molecular flexibility index (Phi) is 6.38. The molecule has 2 N–H and O–H groups in total. The number of hydrogen-bond donors (Lipinski definition) is 2. The van der Waals surface area contributed by atoms with E-state index in [1.807, 2.05) is 6.92 Å². The highest BCUT2D eigenvalue weighted by atomic mass is 32.1. The van der Waals surface area contributed by atoms with Crippen molar-refractivity contribution < 1.29 is 9.53 Å². The Labute approximate surface area is 133 Å². The number of hydrogen-bond acceptors (Lipinski definition) is 5. The summed E-state index contributed by atoms with van der Waals surface area (Å²) in [5, 5.41) is 10.3. The third-order valence-corrected chi connectivity index (χ3v) is 4.90. The molecule has 0 saturated carbocycles. The van der Waals surface area contributed by atoms with Gasteiger partial charge in [0.1, 0.15) is 0 Å². The number of nitrogens with one attached hydrogen (secondary N) is 2. The van der Waals surface area contributed by atoms with Crippen LogP contribution in [0.15, 0.2) is 29.0 Å². The summed E-state index contributed by atoms with van der Waals surface area (Å²) in [6.07, 6.45) is 0. The van der Waals surface area contributed by atoms with Gasteiger partial charge in [0.15, 0.2) is 0 Å². The highest BCUT2D eigenvalue weighted by Gasteiger charge is 2.12. The third kappa shape index (κ3) is 4.93. The topological polar surface area (TPSA) is 50.4 Å². The van der Waals surface area contributed by atoms with Crippen LogP contribution in [-0.2, 0) is 16.1 Å². The van der Waals surface area contributed by atoms with Gasteiger partial charge in [0.2, 0.25) is 5.91 Å². The smallest absolute Gasteiger partial charge is 0.236 e. The molecule has 1 atom stereocenters. The lowest BCUT2D eigenvalue weighted by molar-refractivity contribution is -0.122. The van der Waals surface area contributed by atoms with Crippen molar-refractivity contribution in [1.29, 1.82) is 0 Å². The summed E-state index contributed by atoms with van der Waals surface area (Å²) < 4.78 is 4.91. The van der Waals surface area contributed by atoms with Crippen molar-refractivity contribution in [1.82, 2.24) is 10.6 Å². The molecule has 1 unspecified atom stereocenters. The first-order valence-corrected chi connectivity index (χ1v) is 8.58. The van der Waals surface area contributed by atoms with E-state index in [4.69, 9.17) is 4.74 Å². The monoisotopic (exact) mass is 324 g/mol. The molecule has 114 valence electrons. The molecule has 0 bridgehead atoms. The maximum absolute atomic E-state index is 11.8. The van der Waals surface area contributed by atoms with Gasteiger partial charge < -0.3 is 15.4 Å². The molecule has 0 fully saturated rings. The quantitative estimate of drug-likeness (QED) is 0.734. The normalized spacial score (nSPS) is 12.3. The lowest BCUT2D eigenvalue weighted by Gasteiger charge is -2.13. The Morgan fingerprint density at radius 1 is 1.43 bits per heavy atom. The first kappa shape index (κ1) is 16.2. The van der Waals surface area contributed by atoms with Crippen molar-refractivity contribution in [3.05, 3.63) is 33.8 Å². The van der Waals surface area contributed by atoms with E-state index >= 15 is 0 Å². The number of carbonyl (C=O) groups is 1. The highest BCUT2D eigenvalue weighted by Crippen LogP contribution is 2.29. The van der Waals surface area contributed by atoms with E-state index < -0.39 is 0 Å². The Morgan fingerprint density at radius 2 is 2.29 bits per heavy atom. The fourth-order valence-electron chi connectivity index (χ4n) is 1.82. The number of methoxy groups -OCH3 is 1. The number of ether oxygens (including phenoxy) is 1. The van der Waals surface area contributed by atoms with Crippen LogP contribution in [0.2, 0.25) is 0 Å². The summed E-state index contributed by atoms with van der Waals surface area (Å²) in [5.74, 6) is 0.00193. The largest absolute Gasteiger partial charge is 0.383 e. The molecule has 4 nitrogen and oxygen atoms in total. The van der Waals surface area contributed by atoms with Crippen molar-refractivity contribution in [3.8, 4) is 10.4 Å². The second-order valence-electron chi connectivity index (χ2n) is 4.67. The summed E-state index contributed by atoms with van der Waals surface area (Å²) in [4.78, 5) is 14.3. The zero-order valence-electron chi connectivity index (χ0n) is 12.2. The number of rotatable bonds is 8. The molecule has 2 aromatic rings. The molecule has 2 aromatic heterocycles. The van der Waals surface area contributed by atoms with Crippen molar-refractivity contribution in [2.45, 2.75) is 19.5 Å². The van der Waals surface area contributed by atoms with Crippen LogP contribution in [0.25, 0.3) is 10.4 Å². The van der Waals surface area contributed by atoms with Crippen molar-refractivity contribution in [3.63, 3.8) is 0 Å². The Bertz CT molecular complexity index is 552. The molecular weight excluding hydrogens is 304 g/mol. The molecule has 2 heterocycles. The van der Waals surface area contributed by atoms with Crippen molar-refractivity contribution in [2.75, 3.05) is 20.3 Å². The Hall–Kier alpha value is -1.21. The number of amides is 1. The molecule has 0 spiro atoms. The standard InChI is InChI=1S/C15H20N2O2S2/c1-11(15(18)16-5-6-19-2)17-9-13-8-12(10-21-13)14-4-3-7-20-14/h3-4,7-8,10-11,17H,5-6,9H2,1-2H3,(H,16,18). The van der Waals surface area contributed by atoms with E-state index in [1.165, 1.54) is 15.3 Å². The SMILES string of the molecule is COCCNC(=O)C(C)NCc1cc(-c2cccs2)cs1. The Balaban J connectivity index is 1.79. The summed E-state index contributed by atoms with van der Waals surface area (Å²) in [6.45, 7) is 3.65. The van der Waals surface area contributed by atoms with Crippen LogP contribution in [0.3, 0.4) is 0 Å². The average molecular weight is 324 g/mol. The second kappa shape index (κ2) is 8.29. The fraction of sp³-hybridized carbons (Fsp3) is 0.400. The predicted molar refractivity (Wildman–Crippen MR) is 88.8 cm³/mol. The molecule has 6 heteroatoms. The maximum Gasteiger partial charge on any atom is 0.236 e. The number of carbonyl (C=O) groups excluding carboxylic acids is 1. The molecule has 0 aliphatic rings. The van der Waals surface area contributed by atoms with Crippen LogP contribution >= 0.6 is 22.7 Å². The summed E-state index contributed by atoms with van der Waals surface area (Å²) in [6, 6.07) is 6.14. The summed E-state index contributed by atoms with van der Waals surface area (Å²) in [7, 11) is 1.62. The van der Waals surface area contributed by atoms with E-state index in [-0.39, 0.29) is 11.9 Å². The molecule has 0 radical (unpaired) electrons. The molecule has 0 aliphatic heterocycles. The average Bonchev–Trinajstić information content (AvgIpc) is 3.15. The van der Waals surface area contributed by atoms with Crippen molar-refractivity contribution in [2.24, 2.45) is 0 Å². The first-order chi connectivity index (χ1) is 10.2. The Morgan fingerprint density at radius 3 is 3.00 bits per heavy atom. The van der Waals surface area contributed by atoms with Crippen LogP contribution in [0, 0.1) is 0 Å². The van der Waals surface area contributed by atoms with Gasteiger partial charge in [0.05, 0.1) is 12.6 Å². The zero-order valence-corrected chi connectivity index (χ0v) is 13.9. The molecule has 0 aliphatic carbocycles. The van der Waals surface area contributed by atoms with Crippen LogP contribution in [0.5, 0.6) is 0 Å². The highest BCUT2D eigenvalue weighted by molar-refractivity contribution is 7.14. The van der Waals surface area contributed by atoms with E-state index in [0.717, 1.165) is 0 Å². The van der Waals surface area contributed by atoms with Gasteiger partial charge in [0.25, 0.3) is 0 Å². The molecular formula is C15H20N2O2S2. The predicted octanol–water partition coefficient (Wildman–Crippen LogP) is 2.72. The van der Waals surface area contributed by atoms with Crippen LogP contribution in [0.4, 0.5) is 0 Å². The second-order valence-corrected chi connectivity index (χ2v) is 6.61. The van der Waals surface area contributed by atoms with Gasteiger partial charge in [-0.2, -0.15) is 0 Å². The minimum absolute atomic E-state index is 0.00193. The maximum atomic E-state index is 11.8. The molecule has 21 heavy (non-hydrogen) atoms. The van der Waals surface area contributed by atoms with Gasteiger partial charge in [-0.25, -0.2) is 0 Å². The molecule has 0 saturated heterocycles. The first-order valence-electron chi connectivity index (χ1n) is 6.82. The van der Waals surface area contributed by atoms with Gasteiger partial charge in [0, 0.05) is 35.5 Å². The molecule has 2 rings (SSSR count). The molecule has 1 amide bonds. The van der Waals surface area contributed by atoms with Gasteiger partial charge in [-0.1, -0.05) is 6.07 Å². The van der Waals surface area contributed by atoms with E-state index in [2.05, 4.69) is 39.6 Å². The van der Waals surface area contributed by atoms with E-state index in [1.54, 1.807) is 29.8 Å². The van der Waals surface area contributed by atoms with Gasteiger partial charge in [-0.3, -0.25) is 4.79 Å². The zero-order chi connectivity index (χ0) is 15.1. The van der Waals surface area contributed by atoms with Crippen molar-refractivity contribution >= 4 is 28.6 Å². The lowest BCUT2D eigenvalue weighted by Crippen LogP contribution is -2.42. The van der Waals surface area contributed by atoms with E-state index in [0.29, 0.717) is 19.7 Å². The minimum Gasteiger partial charge on any atom is -0.383 e. The summed E-state index contributed by atoms with van der Waals surface area (Å²) in [5.41, 5.74) is 1.25. The van der Waals surface area contributed by atoms with Crippen LogP contribution < -0.4 is 10.6 Å². The van der Waals surface area contributed by atoms with Gasteiger partial charge >= 0.3 is 0 Å². The lowest BCUT2D eigenvalue weighted by atomic mass is 10.2. The minimum atomic E-state index is -0.214. The van der Waals surface area contributed by atoms with E-state index in [9.17, 15) is 4.79 Å².